The number of halogens is 1. The molecule has 1 saturated heterocycles. The summed E-state index contributed by atoms with van der Waals surface area (Å²) in [6.07, 6.45) is 5.42. The second kappa shape index (κ2) is 27.5. The van der Waals surface area contributed by atoms with E-state index in [4.69, 9.17) is 14.9 Å². The van der Waals surface area contributed by atoms with Gasteiger partial charge < -0.3 is 56.9 Å². The number of aliphatic carboxylic acids is 3. The van der Waals surface area contributed by atoms with Gasteiger partial charge in [0.25, 0.3) is 11.8 Å². The van der Waals surface area contributed by atoms with E-state index in [1.807, 2.05) is 5.32 Å². The second-order valence-electron chi connectivity index (χ2n) is 16.6. The summed E-state index contributed by atoms with van der Waals surface area (Å²) in [5.74, 6) is -7.35. The van der Waals surface area contributed by atoms with E-state index in [-0.39, 0.29) is 82.1 Å². The Kier molecular flexibility index (Phi) is 20.8. The van der Waals surface area contributed by atoms with Crippen molar-refractivity contribution in [2.75, 3.05) is 32.8 Å². The van der Waals surface area contributed by atoms with Crippen LogP contribution in [0.1, 0.15) is 84.2 Å². The van der Waals surface area contributed by atoms with Crippen LogP contribution in [0.25, 0.3) is 10.9 Å². The van der Waals surface area contributed by atoms with E-state index in [9.17, 15) is 57.9 Å². The van der Waals surface area contributed by atoms with Gasteiger partial charge in [0.05, 0.1) is 48.0 Å². The molecule has 1 fully saturated rings. The lowest BCUT2D eigenvalue weighted by Crippen LogP contribution is -2.51. The Labute approximate surface area is 415 Å². The monoisotopic (exact) mass is 1020 g/mol. The van der Waals surface area contributed by atoms with Gasteiger partial charge in [-0.25, -0.2) is 19.4 Å². The summed E-state index contributed by atoms with van der Waals surface area (Å²) < 4.78 is 20.7. The number of fused-ring (bicyclic) bond motifs is 1. The molecule has 0 bridgehead atoms. The maximum absolute atomic E-state index is 13.4. The highest BCUT2D eigenvalue weighted by Crippen LogP contribution is 2.23. The number of nitrogens with one attached hydrogen (secondary N) is 6. The highest BCUT2D eigenvalue weighted by Gasteiger charge is 2.29. The first-order valence-corrected chi connectivity index (χ1v) is 23.1. The van der Waals surface area contributed by atoms with Crippen molar-refractivity contribution in [1.82, 2.24) is 61.8 Å². The van der Waals surface area contributed by atoms with Gasteiger partial charge in [0.15, 0.2) is 0 Å². The summed E-state index contributed by atoms with van der Waals surface area (Å²) in [5.41, 5.74) is 1.28. The highest BCUT2D eigenvalue weighted by molar-refractivity contribution is 6.07. The topological polar surface area (TPSA) is 379 Å². The molecule has 1 aliphatic rings. The van der Waals surface area contributed by atoms with Crippen LogP contribution in [-0.2, 0) is 41.7 Å². The van der Waals surface area contributed by atoms with Crippen molar-refractivity contribution < 1.29 is 67.6 Å². The molecule has 1 unspecified atom stereocenters. The number of urea groups is 1. The quantitative estimate of drug-likeness (QED) is 0.0272. The Morgan fingerprint density at radius 2 is 1.62 bits per heavy atom. The Bertz CT molecular complexity index is 2680. The number of carboxylic acid groups (broad SMARTS) is 3. The van der Waals surface area contributed by atoms with Crippen molar-refractivity contribution in [3.05, 3.63) is 77.8 Å². The molecule has 0 spiro atoms. The van der Waals surface area contributed by atoms with E-state index >= 15 is 0 Å². The van der Waals surface area contributed by atoms with E-state index in [0.717, 1.165) is 18.7 Å². The zero-order valence-corrected chi connectivity index (χ0v) is 39.3. The molecule has 0 aliphatic carbocycles. The van der Waals surface area contributed by atoms with Crippen LogP contribution in [0, 0.1) is 17.3 Å². The lowest BCUT2D eigenvalue weighted by molar-refractivity contribution is -0.145. The van der Waals surface area contributed by atoms with E-state index in [0.29, 0.717) is 53.8 Å². The fourth-order valence-electron chi connectivity index (χ4n) is 7.43. The molecule has 5 rings (SSSR count). The van der Waals surface area contributed by atoms with Crippen LogP contribution in [0.5, 0.6) is 5.75 Å². The molecule has 26 nitrogen and oxygen atoms in total. The Hall–Kier alpha value is -8.83. The SMILES string of the molecule is N#CC1CCCN1C(=O)CNC(=O)c1ccnc2ccc(OCCCNC(=O)CCc3cn(CC[C@H](NC(=O)c4ccc(F)nc4)C(=O)NCCCC[C@H](NC(=O)N[C@@H](CC(=O)O)C(=O)O)C(=O)O)nn3)cc12. The molecule has 388 valence electrons. The molecule has 7 amide bonds. The lowest BCUT2D eigenvalue weighted by atomic mass is 10.1. The molecule has 4 heterocycles. The van der Waals surface area contributed by atoms with Gasteiger partial charge in [-0.2, -0.15) is 9.65 Å². The van der Waals surface area contributed by atoms with Gasteiger partial charge in [-0.15, -0.1) is 5.10 Å². The second-order valence-corrected chi connectivity index (χ2v) is 16.6. The standard InChI is InChI=1S/C46H54FN13O13/c47-37-11-7-27(24-52-37)41(65)54-34(43(67)51-15-2-1-6-35(44(68)69)55-46(72)56-36(45(70)71)22-40(63)64)14-19-59-26-28(57-58-59)8-12-38(61)50-16-4-20-73-30-9-10-33-32(21-30)31(13-17-49-33)42(66)53-25-39(62)60-18-3-5-29(60)23-48/h7,9-11,13,17,21,24,26,29,34-36H,1-6,8,12,14-16,18-20,22,25H2,(H,50,61)(H,51,67)(H,53,66)(H,54,65)(H,63,64)(H,68,69)(H,70,71)(H2,55,56,72)/t29?,34-,35-,36-/m0/s1. The summed E-state index contributed by atoms with van der Waals surface area (Å²) in [7, 11) is 0. The van der Waals surface area contributed by atoms with Gasteiger partial charge in [-0.1, -0.05) is 5.21 Å². The number of nitrogens with zero attached hydrogens (tertiary/aromatic N) is 7. The Balaban J connectivity index is 1.04. The molecule has 1 aromatic carbocycles. The fraction of sp³-hybridized carbons (Fsp3) is 0.435. The fourth-order valence-corrected chi connectivity index (χ4v) is 7.43. The van der Waals surface area contributed by atoms with Gasteiger partial charge in [-0.3, -0.25) is 38.4 Å². The number of aromatic nitrogens is 5. The first kappa shape index (κ1) is 55.1. The average Bonchev–Trinajstić information content (AvgIpc) is 4.05. The summed E-state index contributed by atoms with van der Waals surface area (Å²) >= 11 is 0. The number of ether oxygens (including phenoxy) is 1. The maximum atomic E-state index is 13.4. The Morgan fingerprint density at radius 1 is 0.849 bits per heavy atom. The number of nitriles is 1. The molecule has 0 saturated carbocycles. The molecule has 4 aromatic rings. The normalized spacial score (nSPS) is 14.1. The van der Waals surface area contributed by atoms with E-state index in [1.165, 1.54) is 27.9 Å². The van der Waals surface area contributed by atoms with Crippen molar-refractivity contribution in [1.29, 1.82) is 5.26 Å². The number of hydrogen-bond acceptors (Lipinski definition) is 15. The maximum Gasteiger partial charge on any atom is 0.326 e. The third-order valence-corrected chi connectivity index (χ3v) is 11.2. The Morgan fingerprint density at radius 3 is 2.34 bits per heavy atom. The minimum Gasteiger partial charge on any atom is -0.494 e. The lowest BCUT2D eigenvalue weighted by Gasteiger charge is -2.19. The summed E-state index contributed by atoms with van der Waals surface area (Å²) in [5, 5.41) is 60.2. The minimum atomic E-state index is -1.80. The van der Waals surface area contributed by atoms with Crippen molar-refractivity contribution in [2.45, 2.75) is 94.9 Å². The van der Waals surface area contributed by atoms with Crippen LogP contribution in [0.15, 0.2) is 55.0 Å². The predicted octanol–water partition coefficient (Wildman–Crippen LogP) is 0.278. The van der Waals surface area contributed by atoms with Crippen molar-refractivity contribution in [3.8, 4) is 11.8 Å². The largest absolute Gasteiger partial charge is 0.494 e. The third-order valence-electron chi connectivity index (χ3n) is 11.2. The number of carbonyl (C=O) groups excluding carboxylic acids is 6. The van der Waals surface area contributed by atoms with E-state index in [1.54, 1.807) is 24.4 Å². The molecule has 4 atom stereocenters. The molecular weight excluding hydrogens is 962 g/mol. The summed E-state index contributed by atoms with van der Waals surface area (Å²) in [4.78, 5) is 120. The number of amides is 7. The van der Waals surface area contributed by atoms with Gasteiger partial charge >= 0.3 is 23.9 Å². The van der Waals surface area contributed by atoms with Crippen molar-refractivity contribution >= 4 is 64.4 Å². The zero-order valence-electron chi connectivity index (χ0n) is 39.3. The van der Waals surface area contributed by atoms with E-state index < -0.39 is 78.2 Å². The van der Waals surface area contributed by atoms with Gasteiger partial charge in [0, 0.05) is 63.0 Å². The molecule has 9 N–H and O–H groups in total. The van der Waals surface area contributed by atoms with Gasteiger partial charge in [-0.05, 0) is 81.3 Å². The minimum absolute atomic E-state index is 0.00406. The number of unbranched alkanes of at least 4 members (excludes halogenated alkanes) is 1. The highest BCUT2D eigenvalue weighted by atomic mass is 19.1. The summed E-state index contributed by atoms with van der Waals surface area (Å²) in [6, 6.07) is 4.75. The van der Waals surface area contributed by atoms with Crippen LogP contribution in [0.2, 0.25) is 0 Å². The van der Waals surface area contributed by atoms with Gasteiger partial charge in [0.1, 0.15) is 29.9 Å². The smallest absolute Gasteiger partial charge is 0.326 e. The number of hydrogen-bond donors (Lipinski definition) is 9. The van der Waals surface area contributed by atoms with Crippen LogP contribution in [0.4, 0.5) is 9.18 Å². The molecule has 27 heteroatoms. The van der Waals surface area contributed by atoms with Gasteiger partial charge in [0.2, 0.25) is 23.7 Å². The number of rotatable bonds is 28. The number of benzene rings is 1. The van der Waals surface area contributed by atoms with Crippen LogP contribution in [0.3, 0.4) is 0 Å². The number of likely N-dealkylation sites (tertiary alicyclic amines) is 1. The number of aryl methyl sites for hydroxylation is 2. The molecular formula is C46H54FN13O13. The van der Waals surface area contributed by atoms with Crippen molar-refractivity contribution in [2.24, 2.45) is 0 Å². The predicted molar refractivity (Wildman–Crippen MR) is 250 cm³/mol. The zero-order chi connectivity index (χ0) is 52.9. The molecule has 73 heavy (non-hydrogen) atoms. The third kappa shape index (κ3) is 17.5. The summed E-state index contributed by atoms with van der Waals surface area (Å²) in [6.45, 7) is 0.829. The average molecular weight is 1020 g/mol. The van der Waals surface area contributed by atoms with Crippen LogP contribution < -0.4 is 36.6 Å². The molecule has 0 radical (unpaired) electrons. The first-order valence-electron chi connectivity index (χ1n) is 23.1. The van der Waals surface area contributed by atoms with Crippen LogP contribution >= 0.6 is 0 Å². The first-order chi connectivity index (χ1) is 35.0. The van der Waals surface area contributed by atoms with Crippen LogP contribution in [-0.4, -0.2) is 156 Å². The number of pyridine rings is 2. The number of carbonyl (C=O) groups is 9. The number of carboxylic acids is 3. The van der Waals surface area contributed by atoms with E-state index in [2.05, 4.69) is 52.9 Å². The molecule has 3 aromatic heterocycles. The van der Waals surface area contributed by atoms with Crippen molar-refractivity contribution in [3.63, 3.8) is 0 Å². The molecule has 1 aliphatic heterocycles.